The Morgan fingerprint density at radius 2 is 2.18 bits per heavy atom. The van der Waals surface area contributed by atoms with E-state index in [9.17, 15) is 15.0 Å². The second-order valence-corrected chi connectivity index (χ2v) is 4.12. The summed E-state index contributed by atoms with van der Waals surface area (Å²) in [4.78, 5) is 11.0. The van der Waals surface area contributed by atoms with Crippen LogP contribution in [0.25, 0.3) is 0 Å². The number of amides is 1. The minimum atomic E-state index is -1.03. The van der Waals surface area contributed by atoms with E-state index in [1.165, 1.54) is 10.8 Å². The second-order valence-electron chi connectivity index (χ2n) is 4.12. The van der Waals surface area contributed by atoms with Crippen LogP contribution in [0.1, 0.15) is 23.5 Å². The number of ether oxygens (including phenoxy) is 1. The summed E-state index contributed by atoms with van der Waals surface area (Å²) in [5.41, 5.74) is 5.48. The third kappa shape index (κ3) is 2.14. The number of rotatable bonds is 2. The van der Waals surface area contributed by atoms with Crippen molar-refractivity contribution >= 4 is 5.91 Å². The number of carbonyl (C=O) groups excluding carboxylic acids is 1. The Morgan fingerprint density at radius 1 is 1.47 bits per heavy atom. The summed E-state index contributed by atoms with van der Waals surface area (Å²) in [7, 11) is 0. The summed E-state index contributed by atoms with van der Waals surface area (Å²) in [6.07, 6.45) is -0.00612. The zero-order chi connectivity index (χ0) is 12.6. The monoisotopic (exact) mass is 239 g/mol. The Bertz CT molecular complexity index is 437. The molecule has 0 saturated carbocycles. The first-order chi connectivity index (χ1) is 8.00. The highest BCUT2D eigenvalue weighted by Crippen LogP contribution is 2.24. The summed E-state index contributed by atoms with van der Waals surface area (Å²) in [5, 5.41) is 19.4. The number of hydrogen-bond donors (Lipinski definition) is 3. The molecule has 0 aliphatic carbocycles. The van der Waals surface area contributed by atoms with Crippen molar-refractivity contribution in [3.8, 4) is 0 Å². The van der Waals surface area contributed by atoms with Crippen LogP contribution in [0.5, 0.6) is 0 Å². The van der Waals surface area contributed by atoms with E-state index in [2.05, 4.69) is 0 Å². The minimum Gasteiger partial charge on any atom is -0.387 e. The molecule has 17 heavy (non-hydrogen) atoms. The number of aliphatic hydroxyl groups is 2. The molecule has 1 aromatic heterocycles. The molecule has 1 saturated heterocycles. The first kappa shape index (κ1) is 12.0. The van der Waals surface area contributed by atoms with E-state index in [0.29, 0.717) is 5.56 Å². The van der Waals surface area contributed by atoms with Crippen LogP contribution in [-0.4, -0.2) is 34.4 Å². The molecule has 0 radical (unpaired) electrons. The standard InChI is InChI=1S/C11H14N2O4/c1-6-8(14)9(15)11(17-6)13-4-2-3-7(5-13)10(12)16/h2-6,8-9,11,14-15H,1H3,(H-,12,16)/p+1/t6-,8-,9-,11?/m1/s1. The number of pyridine rings is 1. The molecule has 0 spiro atoms. The number of hydrogen-bond acceptors (Lipinski definition) is 4. The second kappa shape index (κ2) is 4.40. The zero-order valence-electron chi connectivity index (χ0n) is 9.35. The van der Waals surface area contributed by atoms with Gasteiger partial charge in [-0.25, -0.2) is 0 Å². The lowest BCUT2D eigenvalue weighted by Crippen LogP contribution is -2.46. The Hall–Kier alpha value is -1.50. The van der Waals surface area contributed by atoms with Gasteiger partial charge in [0.2, 0.25) is 0 Å². The topological polar surface area (TPSA) is 96.7 Å². The highest BCUT2D eigenvalue weighted by atomic mass is 16.6. The molecule has 0 aromatic carbocycles. The van der Waals surface area contributed by atoms with Gasteiger partial charge in [-0.2, -0.15) is 4.57 Å². The van der Waals surface area contributed by atoms with Gasteiger partial charge in [0.1, 0.15) is 11.7 Å². The van der Waals surface area contributed by atoms with E-state index >= 15 is 0 Å². The van der Waals surface area contributed by atoms with Crippen molar-refractivity contribution in [2.75, 3.05) is 0 Å². The third-order valence-electron chi connectivity index (χ3n) is 2.88. The van der Waals surface area contributed by atoms with E-state index in [-0.39, 0.29) is 0 Å². The van der Waals surface area contributed by atoms with E-state index in [0.717, 1.165) is 0 Å². The van der Waals surface area contributed by atoms with E-state index in [1.807, 2.05) is 0 Å². The van der Waals surface area contributed by atoms with Crippen molar-refractivity contribution in [3.63, 3.8) is 0 Å². The van der Waals surface area contributed by atoms with Crippen LogP contribution in [0.2, 0.25) is 0 Å². The van der Waals surface area contributed by atoms with Gasteiger partial charge in [-0.15, -0.1) is 0 Å². The number of aliphatic hydroxyl groups excluding tert-OH is 2. The van der Waals surface area contributed by atoms with Gasteiger partial charge in [-0.1, -0.05) is 0 Å². The van der Waals surface area contributed by atoms with Crippen LogP contribution in [-0.2, 0) is 4.74 Å². The Kier molecular flexibility index (Phi) is 3.10. The number of carbonyl (C=O) groups is 1. The van der Waals surface area contributed by atoms with Crippen molar-refractivity contribution in [1.29, 1.82) is 0 Å². The van der Waals surface area contributed by atoms with Crippen LogP contribution in [0.4, 0.5) is 0 Å². The molecule has 1 aliphatic rings. The van der Waals surface area contributed by atoms with Gasteiger partial charge in [0, 0.05) is 6.07 Å². The molecule has 4 atom stereocenters. The summed E-state index contributed by atoms with van der Waals surface area (Å²) < 4.78 is 6.94. The lowest BCUT2D eigenvalue weighted by atomic mass is 10.1. The largest absolute Gasteiger partial charge is 0.387 e. The van der Waals surface area contributed by atoms with E-state index < -0.39 is 30.4 Å². The van der Waals surface area contributed by atoms with Crippen LogP contribution in [0.15, 0.2) is 24.5 Å². The average Bonchev–Trinajstić information content (AvgIpc) is 2.57. The predicted molar refractivity (Wildman–Crippen MR) is 56.8 cm³/mol. The fourth-order valence-electron chi connectivity index (χ4n) is 1.87. The number of nitrogens with two attached hydrogens (primary N) is 1. The summed E-state index contributed by atoms with van der Waals surface area (Å²) in [6.45, 7) is 1.67. The molecule has 1 aliphatic heterocycles. The Balaban J connectivity index is 2.29. The van der Waals surface area contributed by atoms with Crippen molar-refractivity contribution in [3.05, 3.63) is 30.1 Å². The molecule has 4 N–H and O–H groups in total. The summed E-state index contributed by atoms with van der Waals surface area (Å²) in [5.74, 6) is -0.555. The Labute approximate surface area is 98.2 Å². The van der Waals surface area contributed by atoms with Crippen molar-refractivity contribution in [1.82, 2.24) is 0 Å². The van der Waals surface area contributed by atoms with Gasteiger partial charge >= 0.3 is 0 Å². The quantitative estimate of drug-likeness (QED) is 0.559. The van der Waals surface area contributed by atoms with Crippen molar-refractivity contribution in [2.45, 2.75) is 31.5 Å². The molecular weight excluding hydrogens is 224 g/mol. The Morgan fingerprint density at radius 3 is 2.71 bits per heavy atom. The van der Waals surface area contributed by atoms with Gasteiger partial charge in [0.05, 0.1) is 6.10 Å². The van der Waals surface area contributed by atoms with Gasteiger partial charge < -0.3 is 20.7 Å². The van der Waals surface area contributed by atoms with Gasteiger partial charge in [-0.3, -0.25) is 4.79 Å². The van der Waals surface area contributed by atoms with Crippen molar-refractivity contribution < 1.29 is 24.3 Å². The maximum atomic E-state index is 11.0. The fourth-order valence-corrected chi connectivity index (χ4v) is 1.87. The molecule has 92 valence electrons. The molecule has 0 bridgehead atoms. The van der Waals surface area contributed by atoms with Gasteiger partial charge in [0.15, 0.2) is 18.5 Å². The van der Waals surface area contributed by atoms with Crippen LogP contribution < -0.4 is 10.3 Å². The van der Waals surface area contributed by atoms with Crippen LogP contribution >= 0.6 is 0 Å². The number of nitrogens with zero attached hydrogens (tertiary/aromatic N) is 1. The molecule has 1 unspecified atom stereocenters. The molecule has 2 heterocycles. The molecule has 1 fully saturated rings. The number of primary amides is 1. The highest BCUT2D eigenvalue weighted by molar-refractivity contribution is 5.92. The SMILES string of the molecule is C[C@H]1OC([n+]2cccc(C(N)=O)c2)[C@H](O)[C@@H]1O. The summed E-state index contributed by atoms with van der Waals surface area (Å²) in [6, 6.07) is 3.20. The molecule has 2 rings (SSSR count). The average molecular weight is 239 g/mol. The maximum Gasteiger partial charge on any atom is 0.291 e. The maximum absolute atomic E-state index is 11.0. The molecule has 6 heteroatoms. The molecule has 6 nitrogen and oxygen atoms in total. The van der Waals surface area contributed by atoms with Gasteiger partial charge in [-0.05, 0) is 13.0 Å². The predicted octanol–water partition coefficient (Wildman–Crippen LogP) is -1.29. The third-order valence-corrected chi connectivity index (χ3v) is 2.88. The van der Waals surface area contributed by atoms with Crippen molar-refractivity contribution in [2.24, 2.45) is 5.73 Å². The number of aromatic nitrogens is 1. The van der Waals surface area contributed by atoms with Crippen LogP contribution in [0, 0.1) is 0 Å². The summed E-state index contributed by atoms with van der Waals surface area (Å²) >= 11 is 0. The molecule has 1 amide bonds. The highest BCUT2D eigenvalue weighted by Gasteiger charge is 2.46. The van der Waals surface area contributed by atoms with Gasteiger partial charge in [0.25, 0.3) is 12.1 Å². The lowest BCUT2D eigenvalue weighted by Gasteiger charge is -2.09. The molecule has 1 aromatic rings. The smallest absolute Gasteiger partial charge is 0.291 e. The first-order valence-corrected chi connectivity index (χ1v) is 5.33. The fraction of sp³-hybridized carbons (Fsp3) is 0.455. The minimum absolute atomic E-state index is 0.317. The molecular formula is C11H15N2O4+. The normalized spacial score (nSPS) is 32.6. The van der Waals surface area contributed by atoms with E-state index in [1.54, 1.807) is 25.3 Å². The van der Waals surface area contributed by atoms with Crippen LogP contribution in [0.3, 0.4) is 0 Å². The zero-order valence-corrected chi connectivity index (χ0v) is 9.35. The van der Waals surface area contributed by atoms with E-state index in [4.69, 9.17) is 10.5 Å². The first-order valence-electron chi connectivity index (χ1n) is 5.33. The lowest BCUT2D eigenvalue weighted by molar-refractivity contribution is -0.765.